The van der Waals surface area contributed by atoms with E-state index in [0.29, 0.717) is 17.4 Å². The molecule has 2 atom stereocenters. The number of hydrogen-bond donors (Lipinski definition) is 3. The Hall–Kier alpha value is -1.89. The van der Waals surface area contributed by atoms with Crippen molar-refractivity contribution in [2.45, 2.75) is 45.7 Å². The number of carboxylic acids is 1. The molecule has 0 saturated carbocycles. The Balaban J connectivity index is 2.70. The largest absolute Gasteiger partial charge is 0.480 e. The molecule has 20 heavy (non-hydrogen) atoms. The van der Waals surface area contributed by atoms with E-state index in [2.05, 4.69) is 24.3 Å². The molecule has 112 valence electrons. The van der Waals surface area contributed by atoms with Gasteiger partial charge in [0.1, 0.15) is 17.5 Å². The zero-order valence-corrected chi connectivity index (χ0v) is 11.9. The van der Waals surface area contributed by atoms with Gasteiger partial charge in [0, 0.05) is 19.4 Å². The average molecular weight is 283 g/mol. The van der Waals surface area contributed by atoms with Gasteiger partial charge in [0.25, 0.3) is 0 Å². The number of nitrogens with zero attached hydrogens (tertiary/aromatic N) is 1. The second kappa shape index (κ2) is 7.04. The van der Waals surface area contributed by atoms with Crippen LogP contribution in [0.3, 0.4) is 0 Å². The maximum atomic E-state index is 11.0. The van der Waals surface area contributed by atoms with Gasteiger partial charge in [-0.2, -0.15) is 0 Å². The number of nitrogens with one attached hydrogen (secondary N) is 1. The lowest BCUT2D eigenvalue weighted by atomic mass is 10.0. The van der Waals surface area contributed by atoms with Crippen LogP contribution in [0, 0.1) is 5.92 Å². The number of carboxylic acid groups (broad SMARTS) is 1. The Bertz CT molecular complexity index is 470. The zero-order chi connectivity index (χ0) is 15.3. The Morgan fingerprint density at radius 1 is 1.50 bits per heavy atom. The molecule has 0 aliphatic carbocycles. The second-order valence-electron chi connectivity index (χ2n) is 5.25. The van der Waals surface area contributed by atoms with E-state index in [0.717, 1.165) is 6.42 Å². The van der Waals surface area contributed by atoms with Crippen molar-refractivity contribution >= 4 is 11.9 Å². The number of nitrogens with two attached hydrogens (primary N) is 1. The molecule has 0 aliphatic rings. The van der Waals surface area contributed by atoms with Gasteiger partial charge in [0.05, 0.1) is 6.04 Å². The van der Waals surface area contributed by atoms with Gasteiger partial charge in [-0.3, -0.25) is 4.79 Å². The molecule has 4 N–H and O–H groups in total. The lowest BCUT2D eigenvalue weighted by Gasteiger charge is -2.11. The Morgan fingerprint density at radius 3 is 2.65 bits per heavy atom. The summed E-state index contributed by atoms with van der Waals surface area (Å²) in [7, 11) is 0. The number of carbonyl (C=O) groups excluding carboxylic acids is 1. The maximum absolute atomic E-state index is 11.0. The Labute approximate surface area is 117 Å². The molecule has 7 heteroatoms. The van der Waals surface area contributed by atoms with E-state index in [9.17, 15) is 9.59 Å². The summed E-state index contributed by atoms with van der Waals surface area (Å²) in [6, 6.07) is 0.372. The summed E-state index contributed by atoms with van der Waals surface area (Å²) >= 11 is 0. The number of carbonyl (C=O) groups is 2. The number of aromatic nitrogens is 1. The van der Waals surface area contributed by atoms with E-state index in [1.165, 1.54) is 6.92 Å². The number of hydrogen-bond acceptors (Lipinski definition) is 5. The molecule has 0 aliphatic heterocycles. The van der Waals surface area contributed by atoms with Crippen molar-refractivity contribution in [3.63, 3.8) is 0 Å². The van der Waals surface area contributed by atoms with Crippen LogP contribution in [0.15, 0.2) is 10.6 Å². The fraction of sp³-hybridized carbons (Fsp3) is 0.615. The highest BCUT2D eigenvalue weighted by Gasteiger charge is 2.22. The molecular weight excluding hydrogens is 262 g/mol. The zero-order valence-electron chi connectivity index (χ0n) is 11.9. The van der Waals surface area contributed by atoms with Crippen LogP contribution >= 0.6 is 0 Å². The van der Waals surface area contributed by atoms with E-state index >= 15 is 0 Å². The highest BCUT2D eigenvalue weighted by atomic mass is 16.5. The normalized spacial score (nSPS) is 14.1. The molecule has 1 aromatic heterocycles. The van der Waals surface area contributed by atoms with Crippen molar-refractivity contribution < 1.29 is 19.2 Å². The molecule has 1 aromatic rings. The minimum absolute atomic E-state index is 0.0380. The predicted octanol–water partition coefficient (Wildman–Crippen LogP) is 0.852. The second-order valence-corrected chi connectivity index (χ2v) is 5.25. The minimum Gasteiger partial charge on any atom is -0.480 e. The molecule has 0 fully saturated rings. The standard InChI is InChI=1S/C13H21N3O4/c1-7(2)4-10(14)11-5-9(20-16-11)6-12(13(18)19)15-8(3)17/h5,7,10,12H,4,6,14H2,1-3H3,(H,15,17)(H,18,19). The fourth-order valence-corrected chi connectivity index (χ4v) is 1.88. The molecule has 0 saturated heterocycles. The first-order valence-electron chi connectivity index (χ1n) is 6.50. The molecule has 7 nitrogen and oxygen atoms in total. The monoisotopic (exact) mass is 283 g/mol. The fourth-order valence-electron chi connectivity index (χ4n) is 1.88. The summed E-state index contributed by atoms with van der Waals surface area (Å²) in [5, 5.41) is 15.2. The highest BCUT2D eigenvalue weighted by molar-refractivity contribution is 5.82. The summed E-state index contributed by atoms with van der Waals surface area (Å²) in [6.07, 6.45) is 0.802. The van der Waals surface area contributed by atoms with Crippen LogP contribution in [0.2, 0.25) is 0 Å². The first-order chi connectivity index (χ1) is 9.29. The van der Waals surface area contributed by atoms with E-state index in [4.69, 9.17) is 15.4 Å². The summed E-state index contributed by atoms with van der Waals surface area (Å²) in [4.78, 5) is 22.0. The summed E-state index contributed by atoms with van der Waals surface area (Å²) < 4.78 is 5.08. The van der Waals surface area contributed by atoms with Crippen molar-refractivity contribution in [2.75, 3.05) is 0 Å². The van der Waals surface area contributed by atoms with E-state index in [1.54, 1.807) is 6.07 Å². The van der Waals surface area contributed by atoms with Crippen LogP contribution < -0.4 is 11.1 Å². The van der Waals surface area contributed by atoms with Gasteiger partial charge >= 0.3 is 5.97 Å². The van der Waals surface area contributed by atoms with E-state index in [-0.39, 0.29) is 12.5 Å². The van der Waals surface area contributed by atoms with Crippen molar-refractivity contribution in [1.29, 1.82) is 0 Å². The van der Waals surface area contributed by atoms with Crippen molar-refractivity contribution in [3.8, 4) is 0 Å². The summed E-state index contributed by atoms with van der Waals surface area (Å²) in [5.41, 5.74) is 6.57. The molecule has 0 radical (unpaired) electrons. The smallest absolute Gasteiger partial charge is 0.326 e. The van der Waals surface area contributed by atoms with Crippen LogP contribution in [0.5, 0.6) is 0 Å². The molecule has 0 bridgehead atoms. The first-order valence-corrected chi connectivity index (χ1v) is 6.50. The third kappa shape index (κ3) is 5.00. The molecule has 0 spiro atoms. The van der Waals surface area contributed by atoms with Gasteiger partial charge in [-0.15, -0.1) is 0 Å². The third-order valence-electron chi connectivity index (χ3n) is 2.76. The first kappa shape index (κ1) is 16.2. The SMILES string of the molecule is CC(=O)NC(Cc1cc(C(N)CC(C)C)no1)C(=O)O. The quantitative estimate of drug-likeness (QED) is 0.682. The van der Waals surface area contributed by atoms with Crippen LogP contribution in [0.4, 0.5) is 0 Å². The molecule has 0 aromatic carbocycles. The minimum atomic E-state index is -1.12. The lowest BCUT2D eigenvalue weighted by molar-refractivity contribution is -0.141. The number of amides is 1. The molecule has 1 rings (SSSR count). The third-order valence-corrected chi connectivity index (χ3v) is 2.76. The van der Waals surface area contributed by atoms with Crippen LogP contribution in [-0.4, -0.2) is 28.2 Å². The number of aliphatic carboxylic acids is 1. The molecule has 2 unspecified atom stereocenters. The van der Waals surface area contributed by atoms with Gasteiger partial charge in [0.15, 0.2) is 0 Å². The topological polar surface area (TPSA) is 118 Å². The van der Waals surface area contributed by atoms with Crippen molar-refractivity contribution in [2.24, 2.45) is 11.7 Å². The van der Waals surface area contributed by atoms with Gasteiger partial charge in [-0.25, -0.2) is 4.79 Å². The summed E-state index contributed by atoms with van der Waals surface area (Å²) in [5.74, 6) is -0.713. The Morgan fingerprint density at radius 2 is 2.15 bits per heavy atom. The molecule has 1 heterocycles. The van der Waals surface area contributed by atoms with Gasteiger partial charge in [0.2, 0.25) is 5.91 Å². The van der Waals surface area contributed by atoms with Gasteiger partial charge in [-0.1, -0.05) is 19.0 Å². The predicted molar refractivity (Wildman–Crippen MR) is 71.8 cm³/mol. The Kier molecular flexibility index (Phi) is 5.69. The van der Waals surface area contributed by atoms with Crippen LogP contribution in [0.1, 0.15) is 44.7 Å². The van der Waals surface area contributed by atoms with Crippen LogP contribution in [0.25, 0.3) is 0 Å². The van der Waals surface area contributed by atoms with E-state index < -0.39 is 17.9 Å². The molecular formula is C13H21N3O4. The maximum Gasteiger partial charge on any atom is 0.326 e. The average Bonchev–Trinajstić information content (AvgIpc) is 2.75. The van der Waals surface area contributed by atoms with Crippen molar-refractivity contribution in [3.05, 3.63) is 17.5 Å². The lowest BCUT2D eigenvalue weighted by Crippen LogP contribution is -2.41. The number of rotatable bonds is 7. The van der Waals surface area contributed by atoms with E-state index in [1.807, 2.05) is 0 Å². The van der Waals surface area contributed by atoms with Gasteiger partial charge in [-0.05, 0) is 12.3 Å². The van der Waals surface area contributed by atoms with Crippen LogP contribution in [-0.2, 0) is 16.0 Å². The highest BCUT2D eigenvalue weighted by Crippen LogP contribution is 2.19. The summed E-state index contributed by atoms with van der Waals surface area (Å²) in [6.45, 7) is 5.37. The molecule has 1 amide bonds. The van der Waals surface area contributed by atoms with Crippen molar-refractivity contribution in [1.82, 2.24) is 10.5 Å². The van der Waals surface area contributed by atoms with Gasteiger partial charge < -0.3 is 20.7 Å².